The van der Waals surface area contributed by atoms with E-state index >= 15 is 0 Å². The van der Waals surface area contributed by atoms with E-state index in [1.165, 1.54) is 11.6 Å². The zero-order chi connectivity index (χ0) is 14.5. The standard InChI is InChI=1S/C17H19ClFN/c1-12(11-14-15(18)9-6-10-16(14)19)17(20-2)13-7-4-3-5-8-13/h3-10,12,17,20H,11H2,1-2H3. The number of halogens is 2. The van der Waals surface area contributed by atoms with Crippen molar-refractivity contribution < 1.29 is 4.39 Å². The minimum absolute atomic E-state index is 0.173. The van der Waals surface area contributed by atoms with Gasteiger partial charge < -0.3 is 5.32 Å². The maximum atomic E-state index is 13.9. The zero-order valence-corrected chi connectivity index (χ0v) is 12.5. The van der Waals surface area contributed by atoms with Crippen LogP contribution in [-0.4, -0.2) is 7.05 Å². The fourth-order valence-electron chi connectivity index (χ4n) is 2.61. The van der Waals surface area contributed by atoms with E-state index in [0.29, 0.717) is 17.0 Å². The van der Waals surface area contributed by atoms with Gasteiger partial charge in [-0.1, -0.05) is 54.9 Å². The molecule has 0 aromatic heterocycles. The van der Waals surface area contributed by atoms with Gasteiger partial charge in [0, 0.05) is 16.6 Å². The van der Waals surface area contributed by atoms with E-state index in [1.54, 1.807) is 12.1 Å². The highest BCUT2D eigenvalue weighted by molar-refractivity contribution is 6.31. The largest absolute Gasteiger partial charge is 0.313 e. The van der Waals surface area contributed by atoms with Crippen LogP contribution in [0.25, 0.3) is 0 Å². The molecule has 0 aliphatic heterocycles. The molecule has 0 aliphatic rings. The van der Waals surface area contributed by atoms with Crippen LogP contribution in [0, 0.1) is 11.7 Å². The molecule has 0 aliphatic carbocycles. The van der Waals surface area contributed by atoms with Gasteiger partial charge in [0.05, 0.1) is 0 Å². The van der Waals surface area contributed by atoms with Crippen LogP contribution in [0.2, 0.25) is 5.02 Å². The van der Waals surface area contributed by atoms with Gasteiger partial charge in [0.15, 0.2) is 0 Å². The van der Waals surface area contributed by atoms with Gasteiger partial charge in [-0.05, 0) is 37.1 Å². The predicted octanol–water partition coefficient (Wildman–Crippen LogP) is 4.62. The monoisotopic (exact) mass is 291 g/mol. The predicted molar refractivity (Wildman–Crippen MR) is 82.5 cm³/mol. The van der Waals surface area contributed by atoms with Gasteiger partial charge >= 0.3 is 0 Å². The van der Waals surface area contributed by atoms with Crippen molar-refractivity contribution in [3.63, 3.8) is 0 Å². The van der Waals surface area contributed by atoms with E-state index in [1.807, 2.05) is 25.2 Å². The van der Waals surface area contributed by atoms with Gasteiger partial charge in [-0.2, -0.15) is 0 Å². The molecule has 0 radical (unpaired) electrons. The Hall–Kier alpha value is -1.38. The first-order valence-corrected chi connectivity index (χ1v) is 7.16. The summed E-state index contributed by atoms with van der Waals surface area (Å²) in [5.41, 5.74) is 1.80. The van der Waals surface area contributed by atoms with Crippen molar-refractivity contribution in [2.24, 2.45) is 5.92 Å². The zero-order valence-electron chi connectivity index (χ0n) is 11.7. The molecule has 1 N–H and O–H groups in total. The summed E-state index contributed by atoms with van der Waals surface area (Å²) in [6, 6.07) is 15.2. The Morgan fingerprint density at radius 3 is 2.40 bits per heavy atom. The summed E-state index contributed by atoms with van der Waals surface area (Å²) in [4.78, 5) is 0. The Morgan fingerprint density at radius 2 is 1.80 bits per heavy atom. The molecule has 3 heteroatoms. The molecule has 0 saturated carbocycles. The number of rotatable bonds is 5. The summed E-state index contributed by atoms with van der Waals surface area (Å²) in [5.74, 6) is 0.00376. The summed E-state index contributed by atoms with van der Waals surface area (Å²) in [7, 11) is 1.93. The first-order chi connectivity index (χ1) is 9.63. The molecule has 2 aromatic carbocycles. The van der Waals surface area contributed by atoms with Gasteiger partial charge in [-0.25, -0.2) is 4.39 Å². The average molecular weight is 292 g/mol. The van der Waals surface area contributed by atoms with E-state index in [4.69, 9.17) is 11.6 Å². The lowest BCUT2D eigenvalue weighted by Crippen LogP contribution is -2.25. The van der Waals surface area contributed by atoms with Crippen LogP contribution in [0.5, 0.6) is 0 Å². The highest BCUT2D eigenvalue weighted by Gasteiger charge is 2.20. The second-order valence-corrected chi connectivity index (χ2v) is 5.47. The summed E-state index contributed by atoms with van der Waals surface area (Å²) in [5, 5.41) is 3.81. The Kier molecular flexibility index (Phi) is 5.16. The third kappa shape index (κ3) is 3.38. The molecule has 0 spiro atoms. The van der Waals surface area contributed by atoms with Crippen LogP contribution < -0.4 is 5.32 Å². The highest BCUT2D eigenvalue weighted by Crippen LogP contribution is 2.28. The van der Waals surface area contributed by atoms with Crippen molar-refractivity contribution in [3.8, 4) is 0 Å². The first-order valence-electron chi connectivity index (χ1n) is 6.78. The molecule has 2 atom stereocenters. The van der Waals surface area contributed by atoms with Crippen molar-refractivity contribution in [2.75, 3.05) is 7.05 Å². The van der Waals surface area contributed by atoms with Gasteiger partial charge in [0.1, 0.15) is 5.82 Å². The van der Waals surface area contributed by atoms with Crippen molar-refractivity contribution in [1.29, 1.82) is 0 Å². The van der Waals surface area contributed by atoms with Crippen molar-refractivity contribution in [1.82, 2.24) is 5.32 Å². The van der Waals surface area contributed by atoms with Crippen LogP contribution in [0.15, 0.2) is 48.5 Å². The molecule has 2 unspecified atom stereocenters. The minimum Gasteiger partial charge on any atom is -0.313 e. The fourth-order valence-corrected chi connectivity index (χ4v) is 2.85. The Labute approximate surface area is 124 Å². The lowest BCUT2D eigenvalue weighted by Gasteiger charge is -2.24. The Bertz CT molecular complexity index is 536. The topological polar surface area (TPSA) is 12.0 Å². The fraction of sp³-hybridized carbons (Fsp3) is 0.294. The van der Waals surface area contributed by atoms with Gasteiger partial charge in [0.25, 0.3) is 0 Å². The number of benzene rings is 2. The summed E-state index contributed by atoms with van der Waals surface area (Å²) in [6.07, 6.45) is 0.603. The number of nitrogens with one attached hydrogen (secondary N) is 1. The molecule has 0 saturated heterocycles. The molecule has 2 rings (SSSR count). The second-order valence-electron chi connectivity index (χ2n) is 5.06. The molecule has 0 bridgehead atoms. The van der Waals surface area contributed by atoms with E-state index < -0.39 is 0 Å². The van der Waals surface area contributed by atoms with Crippen LogP contribution in [0.3, 0.4) is 0 Å². The maximum absolute atomic E-state index is 13.9. The van der Waals surface area contributed by atoms with Gasteiger partial charge in [-0.15, -0.1) is 0 Å². The molecule has 2 aromatic rings. The third-order valence-corrected chi connectivity index (χ3v) is 3.98. The third-order valence-electron chi connectivity index (χ3n) is 3.63. The lowest BCUT2D eigenvalue weighted by molar-refractivity contribution is 0.403. The molecule has 0 fully saturated rings. The van der Waals surface area contributed by atoms with Gasteiger partial charge in [-0.3, -0.25) is 0 Å². The van der Waals surface area contributed by atoms with Crippen LogP contribution in [0.4, 0.5) is 4.39 Å². The van der Waals surface area contributed by atoms with E-state index in [2.05, 4.69) is 24.4 Å². The summed E-state index contributed by atoms with van der Waals surface area (Å²) < 4.78 is 13.9. The highest BCUT2D eigenvalue weighted by atomic mass is 35.5. The van der Waals surface area contributed by atoms with Crippen molar-refractivity contribution >= 4 is 11.6 Å². The van der Waals surface area contributed by atoms with E-state index in [0.717, 1.165) is 0 Å². The van der Waals surface area contributed by atoms with Crippen molar-refractivity contribution in [3.05, 3.63) is 70.5 Å². The van der Waals surface area contributed by atoms with Crippen LogP contribution in [0.1, 0.15) is 24.1 Å². The van der Waals surface area contributed by atoms with E-state index in [9.17, 15) is 4.39 Å². The van der Waals surface area contributed by atoms with Crippen LogP contribution in [-0.2, 0) is 6.42 Å². The summed E-state index contributed by atoms with van der Waals surface area (Å²) >= 11 is 6.11. The lowest BCUT2D eigenvalue weighted by atomic mass is 9.89. The molecule has 1 nitrogen and oxygen atoms in total. The molecular weight excluding hydrogens is 273 g/mol. The smallest absolute Gasteiger partial charge is 0.127 e. The quantitative estimate of drug-likeness (QED) is 0.848. The molecular formula is C17H19ClFN. The molecule has 20 heavy (non-hydrogen) atoms. The molecule has 106 valence electrons. The van der Waals surface area contributed by atoms with E-state index in [-0.39, 0.29) is 17.8 Å². The van der Waals surface area contributed by atoms with Crippen molar-refractivity contribution in [2.45, 2.75) is 19.4 Å². The minimum atomic E-state index is -0.229. The second kappa shape index (κ2) is 6.87. The number of hydrogen-bond acceptors (Lipinski definition) is 1. The SMILES string of the molecule is CNC(c1ccccc1)C(C)Cc1c(F)cccc1Cl. The first kappa shape index (κ1) is 15.0. The normalized spacial score (nSPS) is 14.0. The van der Waals surface area contributed by atoms with Crippen LogP contribution >= 0.6 is 11.6 Å². The summed E-state index contributed by atoms with van der Waals surface area (Å²) in [6.45, 7) is 2.11. The Morgan fingerprint density at radius 1 is 1.10 bits per heavy atom. The molecule has 0 heterocycles. The molecule has 0 amide bonds. The van der Waals surface area contributed by atoms with Gasteiger partial charge in [0.2, 0.25) is 0 Å². The average Bonchev–Trinajstić information content (AvgIpc) is 2.45. The maximum Gasteiger partial charge on any atom is 0.127 e. The number of hydrogen-bond donors (Lipinski definition) is 1. The Balaban J connectivity index is 2.20.